The highest BCUT2D eigenvalue weighted by Crippen LogP contribution is 2.26. The molecule has 3 rings (SSSR count). The van der Waals surface area contributed by atoms with Gasteiger partial charge in [0.25, 0.3) is 5.91 Å². The minimum absolute atomic E-state index is 0.187. The van der Waals surface area contributed by atoms with Crippen molar-refractivity contribution in [2.45, 2.75) is 12.5 Å². The minimum atomic E-state index is -1.06. The zero-order chi connectivity index (χ0) is 20.3. The molecular weight excluding hydrogens is 364 g/mol. The van der Waals surface area contributed by atoms with E-state index in [1.54, 1.807) is 24.3 Å². The third-order valence-corrected chi connectivity index (χ3v) is 4.20. The van der Waals surface area contributed by atoms with E-state index in [9.17, 15) is 19.2 Å². The van der Waals surface area contributed by atoms with E-state index in [2.05, 4.69) is 16.0 Å². The summed E-state index contributed by atoms with van der Waals surface area (Å²) in [5.41, 5.74) is 6.36. The Balaban J connectivity index is 1.75. The number of para-hydroxylation sites is 1. The third-order valence-electron chi connectivity index (χ3n) is 4.20. The number of benzene rings is 2. The lowest BCUT2D eigenvalue weighted by molar-refractivity contribution is -0.122. The molecule has 0 bridgehead atoms. The number of amides is 4. The molecule has 5 N–H and O–H groups in total. The summed E-state index contributed by atoms with van der Waals surface area (Å²) < 4.78 is 5.16. The second-order valence-corrected chi connectivity index (χ2v) is 6.09. The van der Waals surface area contributed by atoms with Crippen LogP contribution in [0.3, 0.4) is 0 Å². The van der Waals surface area contributed by atoms with Crippen molar-refractivity contribution in [2.24, 2.45) is 5.73 Å². The highest BCUT2D eigenvalue weighted by atomic mass is 16.5. The Kier molecular flexibility index (Phi) is 5.25. The van der Waals surface area contributed by atoms with Crippen LogP contribution in [0, 0.1) is 0 Å². The van der Waals surface area contributed by atoms with Crippen molar-refractivity contribution >= 4 is 35.0 Å². The standard InChI is InChI=1S/C19H18N4O5/c1-28-15-7-6-10(17(20)25)8-13(15)21-16(24)9-14-19(27)22-12-5-3-2-4-11(12)18(26)23-14/h2-8,14H,9H2,1H3,(H2,20,25)(H,21,24)(H,22,27)(H,23,26)/t14-/m1/s1. The lowest BCUT2D eigenvalue weighted by Crippen LogP contribution is -2.43. The fourth-order valence-electron chi connectivity index (χ4n) is 2.80. The predicted octanol–water partition coefficient (Wildman–Crippen LogP) is 0.873. The number of nitrogens with one attached hydrogen (secondary N) is 3. The number of ether oxygens (including phenoxy) is 1. The molecule has 0 saturated heterocycles. The Hall–Kier alpha value is -3.88. The maximum absolute atomic E-state index is 12.5. The first kappa shape index (κ1) is 18.9. The number of carbonyl (C=O) groups is 4. The van der Waals surface area contributed by atoms with E-state index in [1.807, 2.05) is 0 Å². The topological polar surface area (TPSA) is 140 Å². The first-order valence-corrected chi connectivity index (χ1v) is 8.37. The summed E-state index contributed by atoms with van der Waals surface area (Å²) >= 11 is 0. The van der Waals surface area contributed by atoms with E-state index in [4.69, 9.17) is 10.5 Å². The molecule has 4 amide bonds. The Morgan fingerprint density at radius 2 is 1.93 bits per heavy atom. The third kappa shape index (κ3) is 3.93. The molecule has 1 atom stereocenters. The molecule has 9 heteroatoms. The maximum atomic E-state index is 12.5. The number of hydrogen-bond acceptors (Lipinski definition) is 5. The van der Waals surface area contributed by atoms with Crippen molar-refractivity contribution in [1.29, 1.82) is 0 Å². The van der Waals surface area contributed by atoms with Crippen molar-refractivity contribution in [3.05, 3.63) is 53.6 Å². The molecule has 0 radical (unpaired) electrons. The fourth-order valence-corrected chi connectivity index (χ4v) is 2.80. The number of carbonyl (C=O) groups excluding carboxylic acids is 4. The molecule has 0 saturated carbocycles. The van der Waals surface area contributed by atoms with Gasteiger partial charge in [0.05, 0.1) is 30.5 Å². The highest BCUT2D eigenvalue weighted by molar-refractivity contribution is 6.11. The van der Waals surface area contributed by atoms with E-state index in [0.717, 1.165) is 0 Å². The number of nitrogens with two attached hydrogens (primary N) is 1. The molecule has 9 nitrogen and oxygen atoms in total. The fraction of sp³-hybridized carbons (Fsp3) is 0.158. The van der Waals surface area contributed by atoms with E-state index >= 15 is 0 Å². The number of rotatable bonds is 5. The van der Waals surface area contributed by atoms with Gasteiger partial charge in [-0.25, -0.2) is 0 Å². The molecule has 0 aromatic heterocycles. The van der Waals surface area contributed by atoms with Crippen LogP contribution in [-0.2, 0) is 9.59 Å². The molecule has 0 unspecified atom stereocenters. The van der Waals surface area contributed by atoms with Crippen LogP contribution in [0.1, 0.15) is 27.1 Å². The maximum Gasteiger partial charge on any atom is 0.254 e. The Morgan fingerprint density at radius 1 is 1.18 bits per heavy atom. The summed E-state index contributed by atoms with van der Waals surface area (Å²) in [6, 6.07) is 9.82. The van der Waals surface area contributed by atoms with Crippen molar-refractivity contribution in [1.82, 2.24) is 5.32 Å². The molecule has 0 aliphatic carbocycles. The molecular formula is C19H18N4O5. The number of primary amides is 1. The van der Waals surface area contributed by atoms with E-state index < -0.39 is 29.7 Å². The molecule has 144 valence electrons. The zero-order valence-corrected chi connectivity index (χ0v) is 14.9. The summed E-state index contributed by atoms with van der Waals surface area (Å²) in [6.45, 7) is 0. The van der Waals surface area contributed by atoms with Crippen molar-refractivity contribution in [2.75, 3.05) is 17.7 Å². The van der Waals surface area contributed by atoms with Gasteiger partial charge in [-0.1, -0.05) is 12.1 Å². The van der Waals surface area contributed by atoms with Crippen molar-refractivity contribution in [3.8, 4) is 5.75 Å². The lowest BCUT2D eigenvalue weighted by atomic mass is 10.1. The molecule has 1 aliphatic rings. The van der Waals surface area contributed by atoms with E-state index in [-0.39, 0.29) is 17.7 Å². The van der Waals surface area contributed by atoms with E-state index in [0.29, 0.717) is 17.0 Å². The van der Waals surface area contributed by atoms with Crippen molar-refractivity contribution < 1.29 is 23.9 Å². The second-order valence-electron chi connectivity index (χ2n) is 6.09. The molecule has 28 heavy (non-hydrogen) atoms. The van der Waals surface area contributed by atoms with Gasteiger partial charge in [-0.2, -0.15) is 0 Å². The first-order valence-electron chi connectivity index (χ1n) is 8.37. The SMILES string of the molecule is COc1ccc(C(N)=O)cc1NC(=O)C[C@H]1NC(=O)c2ccccc2NC1=O. The summed E-state index contributed by atoms with van der Waals surface area (Å²) in [5.74, 6) is -1.86. The van der Waals surface area contributed by atoms with Crippen LogP contribution in [-0.4, -0.2) is 36.8 Å². The quantitative estimate of drug-likeness (QED) is 0.608. The molecule has 0 spiro atoms. The van der Waals surface area contributed by atoms with Gasteiger partial charge in [-0.15, -0.1) is 0 Å². The summed E-state index contributed by atoms with van der Waals surface area (Å²) in [4.78, 5) is 48.5. The number of methoxy groups -OCH3 is 1. The van der Waals surface area contributed by atoms with Gasteiger partial charge in [0.15, 0.2) is 0 Å². The highest BCUT2D eigenvalue weighted by Gasteiger charge is 2.29. The smallest absolute Gasteiger partial charge is 0.254 e. The summed E-state index contributed by atoms with van der Waals surface area (Å²) in [7, 11) is 1.41. The van der Waals surface area contributed by atoms with Crippen LogP contribution in [0.4, 0.5) is 11.4 Å². The van der Waals surface area contributed by atoms with Gasteiger partial charge >= 0.3 is 0 Å². The van der Waals surface area contributed by atoms with Crippen LogP contribution in [0.25, 0.3) is 0 Å². The predicted molar refractivity (Wildman–Crippen MR) is 101 cm³/mol. The van der Waals surface area contributed by atoms with E-state index in [1.165, 1.54) is 25.3 Å². The number of hydrogen-bond donors (Lipinski definition) is 4. The summed E-state index contributed by atoms with van der Waals surface area (Å²) in [6.07, 6.45) is -0.310. The second kappa shape index (κ2) is 7.78. The Bertz CT molecular complexity index is 973. The van der Waals surface area contributed by atoms with Gasteiger partial charge in [-0.3, -0.25) is 19.2 Å². The van der Waals surface area contributed by atoms with Crippen molar-refractivity contribution in [3.63, 3.8) is 0 Å². The lowest BCUT2D eigenvalue weighted by Gasteiger charge is -2.16. The Morgan fingerprint density at radius 3 is 2.64 bits per heavy atom. The van der Waals surface area contributed by atoms with Crippen LogP contribution in [0.5, 0.6) is 5.75 Å². The average molecular weight is 382 g/mol. The summed E-state index contributed by atoms with van der Waals surface area (Å²) in [5, 5.41) is 7.75. The van der Waals surface area contributed by atoms with Crippen LogP contribution < -0.4 is 26.4 Å². The van der Waals surface area contributed by atoms with Gasteiger partial charge in [0, 0.05) is 5.56 Å². The monoisotopic (exact) mass is 382 g/mol. The minimum Gasteiger partial charge on any atom is -0.495 e. The molecule has 0 fully saturated rings. The molecule has 1 heterocycles. The van der Waals surface area contributed by atoms with Gasteiger partial charge in [0.2, 0.25) is 17.7 Å². The average Bonchev–Trinajstić information content (AvgIpc) is 2.78. The molecule has 2 aromatic rings. The van der Waals surface area contributed by atoms with Gasteiger partial charge in [0.1, 0.15) is 11.8 Å². The number of anilines is 2. The first-order chi connectivity index (χ1) is 13.4. The largest absolute Gasteiger partial charge is 0.495 e. The molecule has 1 aliphatic heterocycles. The van der Waals surface area contributed by atoms with Crippen LogP contribution >= 0.6 is 0 Å². The zero-order valence-electron chi connectivity index (χ0n) is 14.9. The van der Waals surface area contributed by atoms with Crippen LogP contribution in [0.2, 0.25) is 0 Å². The normalized spacial score (nSPS) is 15.5. The Labute approximate surface area is 160 Å². The number of fused-ring (bicyclic) bond motifs is 1. The van der Waals surface area contributed by atoms with Gasteiger partial charge in [-0.05, 0) is 30.3 Å². The van der Waals surface area contributed by atoms with Gasteiger partial charge < -0.3 is 26.4 Å². The molecule has 2 aromatic carbocycles. The van der Waals surface area contributed by atoms with Crippen LogP contribution in [0.15, 0.2) is 42.5 Å².